The summed E-state index contributed by atoms with van der Waals surface area (Å²) in [5, 5.41) is 2.81. The van der Waals surface area contributed by atoms with Gasteiger partial charge in [-0.3, -0.25) is 4.79 Å². The van der Waals surface area contributed by atoms with Crippen LogP contribution < -0.4 is 5.32 Å². The Morgan fingerprint density at radius 3 is 2.64 bits per heavy atom. The first-order valence-corrected chi connectivity index (χ1v) is 3.64. The molecule has 3 heteroatoms. The first-order chi connectivity index (χ1) is 5.11. The second-order valence-corrected chi connectivity index (χ2v) is 2.31. The molecule has 1 atom stereocenters. The molecule has 3 nitrogen and oxygen atoms in total. The quantitative estimate of drug-likeness (QED) is 0.606. The summed E-state index contributed by atoms with van der Waals surface area (Å²) in [7, 11) is 1.51. The highest BCUT2D eigenvalue weighted by Crippen LogP contribution is 1.93. The summed E-state index contributed by atoms with van der Waals surface area (Å²) < 4.78 is 4.76. The molecule has 0 radical (unpaired) electrons. The Morgan fingerprint density at radius 2 is 2.27 bits per heavy atom. The summed E-state index contributed by atoms with van der Waals surface area (Å²) in [6.07, 6.45) is 0.533. The number of rotatable bonds is 5. The van der Waals surface area contributed by atoms with Crippen LogP contribution >= 0.6 is 0 Å². The van der Waals surface area contributed by atoms with Crippen molar-refractivity contribution < 1.29 is 9.53 Å². The molecule has 0 fully saturated rings. The fourth-order valence-corrected chi connectivity index (χ4v) is 0.687. The molecule has 1 N–H and O–H groups in total. The van der Waals surface area contributed by atoms with Crippen molar-refractivity contribution in [3.63, 3.8) is 0 Å². The van der Waals surface area contributed by atoms with E-state index in [0.717, 1.165) is 0 Å². The Balaban J connectivity index is 3.77. The van der Waals surface area contributed by atoms with Gasteiger partial charge < -0.3 is 10.1 Å². The monoisotopic (exact) mass is 157 g/mol. The topological polar surface area (TPSA) is 38.3 Å². The van der Waals surface area contributed by atoms with Crippen molar-refractivity contribution in [3.8, 4) is 0 Å². The van der Waals surface area contributed by atoms with Gasteiger partial charge in [0.1, 0.15) is 0 Å². The van der Waals surface area contributed by atoms with Crippen molar-refractivity contribution in [2.45, 2.75) is 26.3 Å². The van der Waals surface area contributed by atoms with Crippen molar-refractivity contribution >= 4 is 5.78 Å². The minimum absolute atomic E-state index is 0.156. The van der Waals surface area contributed by atoms with Gasteiger partial charge >= 0.3 is 0 Å². The number of ketones is 1. The predicted octanol–water partition coefficient (Wildman–Crippen LogP) is 1.06. The highest BCUT2D eigenvalue weighted by Gasteiger charge is 2.09. The van der Waals surface area contributed by atoms with E-state index in [-0.39, 0.29) is 11.8 Å². The third-order valence-corrected chi connectivity index (χ3v) is 1.46. The Labute approximate surface area is 67.4 Å². The Bertz CT molecular complexity index is 154. The molecule has 0 aromatic rings. The minimum atomic E-state index is -0.201. The van der Waals surface area contributed by atoms with Crippen LogP contribution in [0.15, 0.2) is 12.5 Å². The van der Waals surface area contributed by atoms with Gasteiger partial charge in [-0.05, 0) is 13.5 Å². The van der Waals surface area contributed by atoms with E-state index in [9.17, 15) is 4.79 Å². The number of carbonyl (C=O) groups is 1. The summed E-state index contributed by atoms with van der Waals surface area (Å²) in [6.45, 7) is 7.16. The molecule has 0 amide bonds. The van der Waals surface area contributed by atoms with E-state index in [1.54, 1.807) is 6.92 Å². The van der Waals surface area contributed by atoms with Crippen LogP contribution in [0.3, 0.4) is 0 Å². The first-order valence-electron chi connectivity index (χ1n) is 3.64. The highest BCUT2D eigenvalue weighted by molar-refractivity contribution is 5.83. The Kier molecular flexibility index (Phi) is 4.34. The molecule has 0 saturated carbocycles. The second-order valence-electron chi connectivity index (χ2n) is 2.31. The van der Waals surface area contributed by atoms with Crippen LogP contribution in [0.25, 0.3) is 0 Å². The maximum atomic E-state index is 11.0. The van der Waals surface area contributed by atoms with Crippen molar-refractivity contribution in [2.75, 3.05) is 7.11 Å². The zero-order valence-corrected chi connectivity index (χ0v) is 7.31. The molecule has 11 heavy (non-hydrogen) atoms. The predicted molar refractivity (Wildman–Crippen MR) is 44.0 cm³/mol. The molecule has 0 aliphatic rings. The van der Waals surface area contributed by atoms with Gasteiger partial charge in [0, 0.05) is 6.42 Å². The summed E-state index contributed by atoms with van der Waals surface area (Å²) >= 11 is 0. The lowest BCUT2D eigenvalue weighted by Gasteiger charge is -2.13. The van der Waals surface area contributed by atoms with E-state index in [4.69, 9.17) is 4.74 Å². The number of methoxy groups -OCH3 is 1. The molecule has 0 aliphatic carbocycles. The molecular weight excluding hydrogens is 142 g/mol. The molecule has 0 rings (SSSR count). The van der Waals surface area contributed by atoms with Gasteiger partial charge in [0.25, 0.3) is 0 Å². The summed E-state index contributed by atoms with van der Waals surface area (Å²) in [6, 6.07) is -0.201. The molecular formula is C8H15NO2. The number of hydrogen-bond acceptors (Lipinski definition) is 3. The van der Waals surface area contributed by atoms with E-state index in [1.165, 1.54) is 7.11 Å². The van der Waals surface area contributed by atoms with Crippen LogP contribution in [0, 0.1) is 0 Å². The maximum absolute atomic E-state index is 11.0. The fraction of sp³-hybridized carbons (Fsp3) is 0.625. The average Bonchev–Trinajstić information content (AvgIpc) is 2.02. The van der Waals surface area contributed by atoms with Gasteiger partial charge in [-0.15, -0.1) is 0 Å². The molecule has 0 heterocycles. The largest absolute Gasteiger partial charge is 0.483 e. The smallest absolute Gasteiger partial charge is 0.179 e. The van der Waals surface area contributed by atoms with Gasteiger partial charge in [-0.1, -0.05) is 6.92 Å². The highest BCUT2D eigenvalue weighted by atomic mass is 16.5. The lowest BCUT2D eigenvalue weighted by atomic mass is 10.2. The number of hydrogen-bond donors (Lipinski definition) is 1. The van der Waals surface area contributed by atoms with E-state index in [2.05, 4.69) is 11.9 Å². The molecule has 0 bridgehead atoms. The SMILES string of the molecule is C=C(N[C@H](C)C(=O)CC)OC. The number of nitrogens with one attached hydrogen (secondary N) is 1. The zero-order chi connectivity index (χ0) is 8.85. The second kappa shape index (κ2) is 4.77. The molecule has 0 spiro atoms. The van der Waals surface area contributed by atoms with Crippen LogP contribution in [-0.4, -0.2) is 18.9 Å². The molecule has 0 unspecified atom stereocenters. The fourth-order valence-electron chi connectivity index (χ4n) is 0.687. The summed E-state index contributed by atoms with van der Waals surface area (Å²) in [5.74, 6) is 0.586. The Morgan fingerprint density at radius 1 is 1.73 bits per heavy atom. The van der Waals surface area contributed by atoms with Crippen LogP contribution in [0.2, 0.25) is 0 Å². The van der Waals surface area contributed by atoms with Crippen molar-refractivity contribution in [1.82, 2.24) is 5.32 Å². The number of ether oxygens (including phenoxy) is 1. The van der Waals surface area contributed by atoms with Gasteiger partial charge in [-0.25, -0.2) is 0 Å². The van der Waals surface area contributed by atoms with Crippen molar-refractivity contribution in [1.29, 1.82) is 0 Å². The van der Waals surface area contributed by atoms with Gasteiger partial charge in [0.15, 0.2) is 11.7 Å². The molecule has 64 valence electrons. The summed E-state index contributed by atoms with van der Waals surface area (Å²) in [4.78, 5) is 11.0. The van der Waals surface area contributed by atoms with Crippen molar-refractivity contribution in [2.24, 2.45) is 0 Å². The number of carbonyl (C=O) groups excluding carboxylic acids is 1. The van der Waals surface area contributed by atoms with Crippen LogP contribution in [-0.2, 0) is 9.53 Å². The average molecular weight is 157 g/mol. The van der Waals surface area contributed by atoms with E-state index in [1.807, 2.05) is 6.92 Å². The molecule has 0 aliphatic heterocycles. The third-order valence-electron chi connectivity index (χ3n) is 1.46. The van der Waals surface area contributed by atoms with Crippen LogP contribution in [0.1, 0.15) is 20.3 Å². The lowest BCUT2D eigenvalue weighted by Crippen LogP contribution is -2.32. The molecule has 0 aromatic carbocycles. The normalized spacial score (nSPS) is 11.9. The standard InChI is InChI=1S/C8H15NO2/c1-5-8(10)6(2)9-7(3)11-4/h6,9H,3,5H2,1-2,4H3/t6-/m1/s1. The van der Waals surface area contributed by atoms with Gasteiger partial charge in [0.2, 0.25) is 0 Å². The lowest BCUT2D eigenvalue weighted by molar-refractivity contribution is -0.120. The van der Waals surface area contributed by atoms with Gasteiger partial charge in [0.05, 0.1) is 13.2 Å². The van der Waals surface area contributed by atoms with Crippen molar-refractivity contribution in [3.05, 3.63) is 12.5 Å². The maximum Gasteiger partial charge on any atom is 0.179 e. The van der Waals surface area contributed by atoms with Gasteiger partial charge in [-0.2, -0.15) is 0 Å². The molecule has 0 saturated heterocycles. The minimum Gasteiger partial charge on any atom is -0.483 e. The molecule has 0 aromatic heterocycles. The van der Waals surface area contributed by atoms with E-state index in [0.29, 0.717) is 12.3 Å². The van der Waals surface area contributed by atoms with E-state index >= 15 is 0 Å². The third kappa shape index (κ3) is 3.65. The van der Waals surface area contributed by atoms with Crippen LogP contribution in [0.5, 0.6) is 0 Å². The zero-order valence-electron chi connectivity index (χ0n) is 7.31. The van der Waals surface area contributed by atoms with Crippen LogP contribution in [0.4, 0.5) is 0 Å². The number of Topliss-reactive ketones (excluding diaryl/α,β-unsaturated/α-hetero) is 1. The summed E-state index contributed by atoms with van der Waals surface area (Å²) in [5.41, 5.74) is 0. The Hall–Kier alpha value is -0.990. The van der Waals surface area contributed by atoms with E-state index < -0.39 is 0 Å². The first kappa shape index (κ1) is 10.0.